The van der Waals surface area contributed by atoms with Crippen LogP contribution in [-0.4, -0.2) is 55.0 Å². The van der Waals surface area contributed by atoms with E-state index < -0.39 is 0 Å². The van der Waals surface area contributed by atoms with E-state index in [4.69, 9.17) is 0 Å². The van der Waals surface area contributed by atoms with Gasteiger partial charge in [0.2, 0.25) is 5.91 Å². The van der Waals surface area contributed by atoms with Crippen molar-refractivity contribution in [3.05, 3.63) is 65.0 Å². The first-order chi connectivity index (χ1) is 16.4. The van der Waals surface area contributed by atoms with Crippen LogP contribution >= 0.6 is 0 Å². The van der Waals surface area contributed by atoms with Crippen LogP contribution in [0.25, 0.3) is 0 Å². The fourth-order valence-electron chi connectivity index (χ4n) is 4.80. The minimum atomic E-state index is -0.297. The van der Waals surface area contributed by atoms with Crippen LogP contribution in [0.1, 0.15) is 62.3 Å². The van der Waals surface area contributed by atoms with Gasteiger partial charge in [-0.3, -0.25) is 14.6 Å². The Hall–Kier alpha value is -2.75. The molecule has 1 unspecified atom stereocenters. The van der Waals surface area contributed by atoms with Gasteiger partial charge in [-0.05, 0) is 54.8 Å². The predicted molar refractivity (Wildman–Crippen MR) is 135 cm³/mol. The van der Waals surface area contributed by atoms with E-state index in [1.807, 2.05) is 13.0 Å². The zero-order valence-corrected chi connectivity index (χ0v) is 20.8. The number of unbranched alkanes of at least 4 members (excludes halogenated alkanes) is 2. The van der Waals surface area contributed by atoms with Crippen molar-refractivity contribution in [1.29, 1.82) is 5.26 Å². The minimum absolute atomic E-state index is 0.0302. The number of nitriles is 1. The lowest BCUT2D eigenvalue weighted by molar-refractivity contribution is -0.116. The fraction of sp³-hybridized carbons (Fsp3) is 0.500. The van der Waals surface area contributed by atoms with E-state index in [1.54, 1.807) is 24.0 Å². The van der Waals surface area contributed by atoms with Gasteiger partial charge in [-0.1, -0.05) is 38.3 Å². The molecule has 6 heteroatoms. The maximum Gasteiger partial charge on any atom is 0.223 e. The Morgan fingerprint density at radius 2 is 1.82 bits per heavy atom. The Kier molecular flexibility index (Phi) is 9.62. The molecule has 1 heterocycles. The van der Waals surface area contributed by atoms with Gasteiger partial charge >= 0.3 is 0 Å². The van der Waals surface area contributed by atoms with Gasteiger partial charge in [0, 0.05) is 57.9 Å². The first-order valence-electron chi connectivity index (χ1n) is 12.4. The van der Waals surface area contributed by atoms with E-state index in [0.717, 1.165) is 56.0 Å². The number of carbonyl (C=O) groups excluding carboxylic acids is 1. The van der Waals surface area contributed by atoms with Crippen LogP contribution in [0, 0.1) is 24.1 Å². The van der Waals surface area contributed by atoms with Crippen molar-refractivity contribution in [1.82, 2.24) is 9.80 Å². The molecule has 2 aromatic carbocycles. The van der Waals surface area contributed by atoms with Gasteiger partial charge in [-0.2, -0.15) is 5.26 Å². The zero-order chi connectivity index (χ0) is 24.5. The van der Waals surface area contributed by atoms with Crippen molar-refractivity contribution in [2.24, 2.45) is 0 Å². The quantitative estimate of drug-likeness (QED) is 0.448. The van der Waals surface area contributed by atoms with Crippen molar-refractivity contribution < 1.29 is 9.18 Å². The van der Waals surface area contributed by atoms with Gasteiger partial charge in [0.15, 0.2) is 0 Å². The average molecular weight is 465 g/mol. The summed E-state index contributed by atoms with van der Waals surface area (Å²) >= 11 is 0. The Morgan fingerprint density at radius 3 is 2.41 bits per heavy atom. The molecule has 0 N–H and O–H groups in total. The standard InChI is InChI=1S/C28H37FN4O/c1-4-5-6-7-28(24-8-9-25(21-30)22(2)20-24)32-17-14-31(15-18-32)16-19-33(23(3)34)27-12-10-26(29)11-13-27/h8-13,20,28H,4-7,14-19H2,1-3H3. The molecule has 182 valence electrons. The summed E-state index contributed by atoms with van der Waals surface area (Å²) in [6.45, 7) is 11.1. The molecular weight excluding hydrogens is 427 g/mol. The Balaban J connectivity index is 1.61. The summed E-state index contributed by atoms with van der Waals surface area (Å²) in [4.78, 5) is 18.9. The summed E-state index contributed by atoms with van der Waals surface area (Å²) in [7, 11) is 0. The lowest BCUT2D eigenvalue weighted by atomic mass is 9.95. The summed E-state index contributed by atoms with van der Waals surface area (Å²) in [5, 5.41) is 9.30. The van der Waals surface area contributed by atoms with Crippen LogP contribution in [0.15, 0.2) is 42.5 Å². The molecule has 1 saturated heterocycles. The second-order valence-corrected chi connectivity index (χ2v) is 9.22. The lowest BCUT2D eigenvalue weighted by Crippen LogP contribution is -2.49. The van der Waals surface area contributed by atoms with Crippen LogP contribution in [-0.2, 0) is 4.79 Å². The van der Waals surface area contributed by atoms with E-state index in [0.29, 0.717) is 12.6 Å². The number of hydrogen-bond donors (Lipinski definition) is 0. The van der Waals surface area contributed by atoms with Gasteiger partial charge in [-0.25, -0.2) is 4.39 Å². The molecule has 1 fully saturated rings. The van der Waals surface area contributed by atoms with Gasteiger partial charge in [-0.15, -0.1) is 0 Å². The molecule has 0 saturated carbocycles. The van der Waals surface area contributed by atoms with Gasteiger partial charge in [0.25, 0.3) is 0 Å². The van der Waals surface area contributed by atoms with Crippen LogP contribution in [0.3, 0.4) is 0 Å². The lowest BCUT2D eigenvalue weighted by Gasteiger charge is -2.40. The summed E-state index contributed by atoms with van der Waals surface area (Å²) in [6.07, 6.45) is 4.76. The van der Waals surface area contributed by atoms with Crippen LogP contribution in [0.5, 0.6) is 0 Å². The Bertz CT molecular complexity index is 977. The third-order valence-corrected chi connectivity index (χ3v) is 6.84. The van der Waals surface area contributed by atoms with Crippen molar-refractivity contribution in [3.8, 4) is 6.07 Å². The van der Waals surface area contributed by atoms with Gasteiger partial charge in [0.1, 0.15) is 5.82 Å². The number of rotatable bonds is 10. The first kappa shape index (κ1) is 25.9. The van der Waals surface area contributed by atoms with E-state index in [1.165, 1.54) is 37.0 Å². The maximum atomic E-state index is 13.3. The maximum absolute atomic E-state index is 13.3. The summed E-state index contributed by atoms with van der Waals surface area (Å²) < 4.78 is 13.3. The Morgan fingerprint density at radius 1 is 1.12 bits per heavy atom. The molecule has 1 aliphatic rings. The second kappa shape index (κ2) is 12.6. The van der Waals surface area contributed by atoms with Crippen molar-refractivity contribution in [3.63, 3.8) is 0 Å². The number of nitrogens with zero attached hydrogens (tertiary/aromatic N) is 4. The summed E-state index contributed by atoms with van der Waals surface area (Å²) in [6, 6.07) is 15.0. The van der Waals surface area contributed by atoms with Gasteiger partial charge < -0.3 is 4.90 Å². The van der Waals surface area contributed by atoms with E-state index in [-0.39, 0.29) is 11.7 Å². The number of benzene rings is 2. The van der Waals surface area contributed by atoms with Crippen molar-refractivity contribution >= 4 is 11.6 Å². The van der Waals surface area contributed by atoms with Gasteiger partial charge in [0.05, 0.1) is 11.6 Å². The number of anilines is 1. The molecule has 1 amide bonds. The molecule has 1 atom stereocenters. The zero-order valence-electron chi connectivity index (χ0n) is 20.8. The topological polar surface area (TPSA) is 50.6 Å². The molecule has 3 rings (SSSR count). The van der Waals surface area contributed by atoms with Crippen LogP contribution < -0.4 is 4.90 Å². The van der Waals surface area contributed by atoms with E-state index >= 15 is 0 Å². The highest BCUT2D eigenvalue weighted by Crippen LogP contribution is 2.29. The molecule has 0 bridgehead atoms. The molecule has 0 spiro atoms. The minimum Gasteiger partial charge on any atom is -0.311 e. The third kappa shape index (κ3) is 6.88. The highest BCUT2D eigenvalue weighted by molar-refractivity contribution is 5.91. The van der Waals surface area contributed by atoms with Crippen LogP contribution in [0.2, 0.25) is 0 Å². The number of aryl methyl sites for hydroxylation is 1. The highest BCUT2D eigenvalue weighted by Gasteiger charge is 2.25. The monoisotopic (exact) mass is 464 g/mol. The third-order valence-electron chi connectivity index (χ3n) is 6.84. The number of carbonyl (C=O) groups is 1. The molecular formula is C28H37FN4O. The fourth-order valence-corrected chi connectivity index (χ4v) is 4.80. The number of amides is 1. The first-order valence-corrected chi connectivity index (χ1v) is 12.4. The predicted octanol–water partition coefficient (Wildman–Crippen LogP) is 5.30. The number of piperazine rings is 1. The molecule has 0 aliphatic carbocycles. The van der Waals surface area contributed by atoms with Crippen molar-refractivity contribution in [2.75, 3.05) is 44.2 Å². The largest absolute Gasteiger partial charge is 0.311 e. The van der Waals surface area contributed by atoms with Crippen LogP contribution in [0.4, 0.5) is 10.1 Å². The molecule has 1 aliphatic heterocycles. The second-order valence-electron chi connectivity index (χ2n) is 9.22. The normalized spacial score (nSPS) is 15.6. The highest BCUT2D eigenvalue weighted by atomic mass is 19.1. The number of halogens is 1. The molecule has 5 nitrogen and oxygen atoms in total. The van der Waals surface area contributed by atoms with E-state index in [2.05, 4.69) is 34.9 Å². The number of hydrogen-bond acceptors (Lipinski definition) is 4. The molecule has 0 radical (unpaired) electrons. The summed E-state index contributed by atoms with van der Waals surface area (Å²) in [5.41, 5.74) is 3.83. The summed E-state index contributed by atoms with van der Waals surface area (Å²) in [5.74, 6) is -0.327. The SMILES string of the molecule is CCCCCC(c1ccc(C#N)c(C)c1)N1CCN(CCN(C(C)=O)c2ccc(F)cc2)CC1. The molecule has 2 aromatic rings. The average Bonchev–Trinajstić information content (AvgIpc) is 2.83. The smallest absolute Gasteiger partial charge is 0.223 e. The Labute approximate surface area is 203 Å². The molecule has 34 heavy (non-hydrogen) atoms. The molecule has 0 aromatic heterocycles. The van der Waals surface area contributed by atoms with E-state index in [9.17, 15) is 14.4 Å². The van der Waals surface area contributed by atoms with Crippen molar-refractivity contribution in [2.45, 2.75) is 52.5 Å².